The molecule has 1 rings (SSSR count). The van der Waals surface area contributed by atoms with Crippen LogP contribution in [-0.2, 0) is 4.79 Å². The minimum absolute atomic E-state index is 0.0531. The number of aliphatic carboxylic acids is 1. The Labute approximate surface area is 127 Å². The van der Waals surface area contributed by atoms with E-state index in [-0.39, 0.29) is 17.4 Å². The fraction of sp³-hybridized carbons (Fsp3) is 0.500. The topological polar surface area (TPSA) is 89.7 Å². The zero-order valence-electron chi connectivity index (χ0n) is 12.2. The normalized spacial score (nSPS) is 12.2. The molecule has 0 spiro atoms. The van der Waals surface area contributed by atoms with Gasteiger partial charge < -0.3 is 9.84 Å². The van der Waals surface area contributed by atoms with E-state index in [9.17, 15) is 20.0 Å². The minimum Gasteiger partial charge on any atom is -0.487 e. The molecule has 116 valence electrons. The highest BCUT2D eigenvalue weighted by Gasteiger charge is 2.24. The smallest absolute Gasteiger partial charge is 0.317 e. The Morgan fingerprint density at radius 1 is 1.48 bits per heavy atom. The van der Waals surface area contributed by atoms with E-state index in [1.165, 1.54) is 23.9 Å². The molecule has 1 aromatic carbocycles. The van der Waals surface area contributed by atoms with Crippen LogP contribution in [0.3, 0.4) is 0 Å². The van der Waals surface area contributed by atoms with Gasteiger partial charge in [-0.05, 0) is 18.4 Å². The highest BCUT2D eigenvalue weighted by Crippen LogP contribution is 2.35. The lowest BCUT2D eigenvalue weighted by molar-refractivity contribution is -0.385. The summed E-state index contributed by atoms with van der Waals surface area (Å²) in [6.45, 7) is 5.93. The van der Waals surface area contributed by atoms with Gasteiger partial charge in [-0.2, -0.15) is 0 Å². The number of hydrogen-bond acceptors (Lipinski definition) is 5. The number of carbonyl (C=O) groups is 1. The number of benzene rings is 1. The maximum Gasteiger partial charge on any atom is 0.317 e. The predicted octanol–water partition coefficient (Wildman–Crippen LogP) is 3.58. The van der Waals surface area contributed by atoms with Crippen molar-refractivity contribution in [3.63, 3.8) is 0 Å². The number of rotatable bonds is 8. The second kappa shape index (κ2) is 7.87. The van der Waals surface area contributed by atoms with Crippen LogP contribution in [0, 0.1) is 16.0 Å². The molecule has 0 amide bonds. The van der Waals surface area contributed by atoms with E-state index in [0.717, 1.165) is 6.42 Å². The maximum atomic E-state index is 11.2. The quantitative estimate of drug-likeness (QED) is 0.448. The average molecular weight is 313 g/mol. The minimum atomic E-state index is -0.899. The SMILES string of the molecule is CCCOc1cc(SC(C(=O)O)C(C)C)ccc1[N+](=O)[O-]. The van der Waals surface area contributed by atoms with Gasteiger partial charge >= 0.3 is 11.7 Å². The van der Waals surface area contributed by atoms with Crippen LogP contribution in [0.4, 0.5) is 5.69 Å². The lowest BCUT2D eigenvalue weighted by Crippen LogP contribution is -2.22. The fourth-order valence-electron chi connectivity index (χ4n) is 1.66. The number of nitro groups is 1. The summed E-state index contributed by atoms with van der Waals surface area (Å²) in [6.07, 6.45) is 0.734. The van der Waals surface area contributed by atoms with Crippen molar-refractivity contribution in [2.75, 3.05) is 6.61 Å². The van der Waals surface area contributed by atoms with Gasteiger partial charge in [-0.25, -0.2) is 0 Å². The largest absolute Gasteiger partial charge is 0.487 e. The second-order valence-corrected chi connectivity index (χ2v) is 6.07. The Kier molecular flexibility index (Phi) is 6.48. The molecule has 0 saturated carbocycles. The average Bonchev–Trinajstić information content (AvgIpc) is 2.41. The van der Waals surface area contributed by atoms with Gasteiger partial charge in [-0.15, -0.1) is 11.8 Å². The van der Waals surface area contributed by atoms with Crippen LogP contribution < -0.4 is 4.74 Å². The molecule has 0 saturated heterocycles. The second-order valence-electron chi connectivity index (χ2n) is 4.86. The van der Waals surface area contributed by atoms with Crippen molar-refractivity contribution in [1.29, 1.82) is 0 Å². The van der Waals surface area contributed by atoms with E-state index in [0.29, 0.717) is 11.5 Å². The number of carboxylic acids is 1. The van der Waals surface area contributed by atoms with Gasteiger partial charge in [-0.3, -0.25) is 14.9 Å². The summed E-state index contributed by atoms with van der Waals surface area (Å²) in [4.78, 5) is 22.3. The van der Waals surface area contributed by atoms with Crippen LogP contribution in [0.5, 0.6) is 5.75 Å². The van der Waals surface area contributed by atoms with Gasteiger partial charge in [0, 0.05) is 17.0 Å². The Bertz CT molecular complexity index is 518. The van der Waals surface area contributed by atoms with E-state index in [2.05, 4.69) is 0 Å². The Balaban J connectivity index is 3.03. The molecule has 0 aliphatic rings. The molecule has 0 aliphatic carbocycles. The van der Waals surface area contributed by atoms with Crippen molar-refractivity contribution in [2.24, 2.45) is 5.92 Å². The predicted molar refractivity (Wildman–Crippen MR) is 81.0 cm³/mol. The number of carboxylic acid groups (broad SMARTS) is 1. The van der Waals surface area contributed by atoms with Crippen LogP contribution in [0.25, 0.3) is 0 Å². The van der Waals surface area contributed by atoms with Crippen LogP contribution in [0.2, 0.25) is 0 Å². The summed E-state index contributed by atoms with van der Waals surface area (Å²) >= 11 is 1.17. The van der Waals surface area contributed by atoms with Gasteiger partial charge in [0.25, 0.3) is 0 Å². The number of ether oxygens (including phenoxy) is 1. The first kappa shape index (κ1) is 17.3. The maximum absolute atomic E-state index is 11.2. The third-order valence-electron chi connectivity index (χ3n) is 2.70. The molecule has 0 fully saturated rings. The van der Waals surface area contributed by atoms with Gasteiger partial charge in [0.1, 0.15) is 5.25 Å². The van der Waals surface area contributed by atoms with Crippen molar-refractivity contribution < 1.29 is 19.6 Å². The van der Waals surface area contributed by atoms with Crippen LogP contribution in [0.1, 0.15) is 27.2 Å². The molecule has 0 heterocycles. The Morgan fingerprint density at radius 2 is 2.14 bits per heavy atom. The third-order valence-corrected chi connectivity index (χ3v) is 4.23. The summed E-state index contributed by atoms with van der Waals surface area (Å²) in [5.74, 6) is -0.771. The molecule has 1 atom stereocenters. The van der Waals surface area contributed by atoms with E-state index in [1.807, 2.05) is 20.8 Å². The molecule has 0 aromatic heterocycles. The zero-order valence-corrected chi connectivity index (χ0v) is 13.1. The fourth-order valence-corrected chi connectivity index (χ4v) is 2.65. The molecule has 1 unspecified atom stereocenters. The van der Waals surface area contributed by atoms with Gasteiger partial charge in [0.15, 0.2) is 5.75 Å². The van der Waals surface area contributed by atoms with E-state index in [1.54, 1.807) is 6.07 Å². The summed E-state index contributed by atoms with van der Waals surface area (Å²) in [5, 5.41) is 19.6. The molecule has 21 heavy (non-hydrogen) atoms. The van der Waals surface area contributed by atoms with E-state index >= 15 is 0 Å². The monoisotopic (exact) mass is 313 g/mol. The molecule has 7 heteroatoms. The summed E-state index contributed by atoms with van der Waals surface area (Å²) in [7, 11) is 0. The first-order valence-corrected chi connectivity index (χ1v) is 7.55. The lowest BCUT2D eigenvalue weighted by atomic mass is 10.1. The third kappa shape index (κ3) is 4.93. The molecule has 0 radical (unpaired) electrons. The molecule has 0 bridgehead atoms. The Hall–Kier alpha value is -1.76. The van der Waals surface area contributed by atoms with Gasteiger partial charge in [0.2, 0.25) is 0 Å². The van der Waals surface area contributed by atoms with E-state index in [4.69, 9.17) is 4.74 Å². The van der Waals surface area contributed by atoms with Crippen molar-refractivity contribution in [3.8, 4) is 5.75 Å². The van der Waals surface area contributed by atoms with Crippen LogP contribution in [-0.4, -0.2) is 27.9 Å². The molecule has 0 aliphatic heterocycles. The van der Waals surface area contributed by atoms with Crippen molar-refractivity contribution >= 4 is 23.4 Å². The van der Waals surface area contributed by atoms with Crippen molar-refractivity contribution in [1.82, 2.24) is 0 Å². The van der Waals surface area contributed by atoms with Crippen LogP contribution >= 0.6 is 11.8 Å². The highest BCUT2D eigenvalue weighted by molar-refractivity contribution is 8.00. The zero-order chi connectivity index (χ0) is 16.0. The Morgan fingerprint density at radius 3 is 2.62 bits per heavy atom. The van der Waals surface area contributed by atoms with Crippen LogP contribution in [0.15, 0.2) is 23.1 Å². The summed E-state index contributed by atoms with van der Waals surface area (Å²) in [5.41, 5.74) is -0.107. The van der Waals surface area contributed by atoms with Gasteiger partial charge in [-0.1, -0.05) is 20.8 Å². The lowest BCUT2D eigenvalue weighted by Gasteiger charge is -2.16. The highest BCUT2D eigenvalue weighted by atomic mass is 32.2. The molecule has 6 nitrogen and oxygen atoms in total. The summed E-state index contributed by atoms with van der Waals surface area (Å²) in [6, 6.07) is 4.45. The first-order chi connectivity index (χ1) is 9.86. The number of thioether (sulfide) groups is 1. The van der Waals surface area contributed by atoms with Crippen molar-refractivity contribution in [2.45, 2.75) is 37.3 Å². The first-order valence-electron chi connectivity index (χ1n) is 6.67. The number of hydrogen-bond donors (Lipinski definition) is 1. The molecule has 1 aromatic rings. The van der Waals surface area contributed by atoms with Gasteiger partial charge in [0.05, 0.1) is 11.5 Å². The number of nitro benzene ring substituents is 1. The van der Waals surface area contributed by atoms with E-state index < -0.39 is 16.1 Å². The van der Waals surface area contributed by atoms with Crippen molar-refractivity contribution in [3.05, 3.63) is 28.3 Å². The molecular formula is C14H19NO5S. The molecule has 1 N–H and O–H groups in total. The standard InChI is InChI=1S/C14H19NO5S/c1-4-7-20-12-8-10(5-6-11(12)15(18)19)21-13(9(2)3)14(16)17/h5-6,8-9,13H,4,7H2,1-3H3,(H,16,17). The number of nitrogens with zero attached hydrogens (tertiary/aromatic N) is 1. The summed E-state index contributed by atoms with van der Waals surface area (Å²) < 4.78 is 5.39. The molecular weight excluding hydrogens is 294 g/mol.